The van der Waals surface area contributed by atoms with Crippen LogP contribution in [0.5, 0.6) is 0 Å². The van der Waals surface area contributed by atoms with Crippen molar-refractivity contribution in [1.29, 1.82) is 0 Å². The number of pyridine rings is 1. The summed E-state index contributed by atoms with van der Waals surface area (Å²) in [5.74, 6) is -1.41. The van der Waals surface area contributed by atoms with E-state index in [1.807, 2.05) is 61.5 Å². The fourth-order valence-corrected chi connectivity index (χ4v) is 5.20. The van der Waals surface area contributed by atoms with Crippen molar-refractivity contribution in [2.75, 3.05) is 0 Å². The largest absolute Gasteiger partial charge is 0.454 e. The first-order valence-electron chi connectivity index (χ1n) is 13.4. The summed E-state index contributed by atoms with van der Waals surface area (Å²) < 4.78 is 55.8. The third-order valence-electron chi connectivity index (χ3n) is 6.93. The Balaban J connectivity index is 1.65. The van der Waals surface area contributed by atoms with E-state index in [0.29, 0.717) is 28.0 Å². The molecular weight excluding hydrogens is 464 g/mol. The van der Waals surface area contributed by atoms with Crippen LogP contribution in [0.4, 0.5) is 8.78 Å². The van der Waals surface area contributed by atoms with Gasteiger partial charge in [-0.3, -0.25) is 0 Å². The molecule has 0 aliphatic carbocycles. The Morgan fingerprint density at radius 1 is 0.838 bits per heavy atom. The predicted octanol–water partition coefficient (Wildman–Crippen LogP) is 8.68. The Hall–Kier alpha value is -4.05. The van der Waals surface area contributed by atoms with Crippen molar-refractivity contribution in [1.82, 2.24) is 0 Å². The van der Waals surface area contributed by atoms with Crippen molar-refractivity contribution >= 4 is 32.7 Å². The Labute approximate surface area is 217 Å². The maximum Gasteiger partial charge on any atom is 0.216 e. The van der Waals surface area contributed by atoms with Gasteiger partial charge in [0.15, 0.2) is 5.82 Å². The number of benzene rings is 4. The number of furan rings is 1. The lowest BCUT2D eigenvalue weighted by Gasteiger charge is -2.10. The molecule has 0 N–H and O–H groups in total. The predicted molar refractivity (Wildman–Crippen MR) is 146 cm³/mol. The van der Waals surface area contributed by atoms with Crippen molar-refractivity contribution < 1.29 is 20.5 Å². The second kappa shape index (κ2) is 8.81. The average Bonchev–Trinajstić information content (AvgIpc) is 3.27. The number of nitrogens with zero attached hydrogens (tertiary/aromatic N) is 1. The van der Waals surface area contributed by atoms with Gasteiger partial charge in [0.1, 0.15) is 24.0 Å². The van der Waals surface area contributed by atoms with E-state index in [2.05, 4.69) is 0 Å². The van der Waals surface area contributed by atoms with E-state index in [1.165, 1.54) is 12.3 Å². The van der Waals surface area contributed by atoms with Crippen molar-refractivity contribution in [3.8, 4) is 22.4 Å². The maximum absolute atomic E-state index is 15.5. The molecule has 0 radical (unpaired) electrons. The number of fused-ring (bicyclic) bond motifs is 4. The van der Waals surface area contributed by atoms with Gasteiger partial charge >= 0.3 is 0 Å². The van der Waals surface area contributed by atoms with Crippen LogP contribution >= 0.6 is 0 Å². The number of aromatic nitrogens is 1. The average molecular weight is 495 g/mol. The first-order chi connectivity index (χ1) is 18.6. The molecule has 6 rings (SSSR count). The number of hydrogen-bond donors (Lipinski definition) is 0. The monoisotopic (exact) mass is 494 g/mol. The van der Waals surface area contributed by atoms with Crippen molar-refractivity contribution in [2.45, 2.75) is 27.1 Å². The van der Waals surface area contributed by atoms with Crippen LogP contribution in [0.25, 0.3) is 55.1 Å². The highest BCUT2D eigenvalue weighted by Crippen LogP contribution is 2.42. The highest BCUT2D eigenvalue weighted by molar-refractivity contribution is 6.13. The first-order valence-corrected chi connectivity index (χ1v) is 12.4. The fraction of sp³-hybridized carbons (Fsp3) is 0.182. The van der Waals surface area contributed by atoms with E-state index in [-0.39, 0.29) is 11.4 Å². The van der Waals surface area contributed by atoms with Gasteiger partial charge in [-0.25, -0.2) is 8.78 Å². The van der Waals surface area contributed by atoms with E-state index in [0.717, 1.165) is 32.7 Å². The fourth-order valence-electron chi connectivity index (χ4n) is 5.20. The normalized spacial score (nSPS) is 13.1. The van der Waals surface area contributed by atoms with Gasteiger partial charge in [-0.2, -0.15) is 4.57 Å². The zero-order chi connectivity index (χ0) is 27.6. The summed E-state index contributed by atoms with van der Waals surface area (Å²) in [7, 11) is 1.73. The first kappa shape index (κ1) is 21.1. The number of hydrogen-bond acceptors (Lipinski definition) is 1. The Kier molecular flexibility index (Phi) is 5.02. The lowest BCUT2D eigenvalue weighted by Crippen LogP contribution is -2.32. The summed E-state index contributed by atoms with van der Waals surface area (Å²) in [6.45, 7) is 5.41. The van der Waals surface area contributed by atoms with Gasteiger partial charge in [0.05, 0.1) is 11.1 Å². The molecule has 0 saturated carbocycles. The molecular formula is C33H28F2NO+. The van der Waals surface area contributed by atoms with Gasteiger partial charge in [-0.1, -0.05) is 62.4 Å². The minimum atomic E-state index is -1.87. The molecule has 0 bridgehead atoms. The third-order valence-corrected chi connectivity index (χ3v) is 6.93. The number of aryl methyl sites for hydroxylation is 2. The molecule has 0 atom stereocenters. The molecule has 4 heteroatoms. The quantitative estimate of drug-likeness (QED) is 0.224. The van der Waals surface area contributed by atoms with Gasteiger partial charge in [0.25, 0.3) is 0 Å². The van der Waals surface area contributed by atoms with Gasteiger partial charge in [-0.05, 0) is 59.3 Å². The molecule has 37 heavy (non-hydrogen) atoms. The topological polar surface area (TPSA) is 17.0 Å². The zero-order valence-corrected chi connectivity index (χ0v) is 21.2. The van der Waals surface area contributed by atoms with Crippen molar-refractivity contribution in [3.63, 3.8) is 0 Å². The van der Waals surface area contributed by atoms with Gasteiger partial charge < -0.3 is 4.42 Å². The lowest BCUT2D eigenvalue weighted by molar-refractivity contribution is -0.662. The van der Waals surface area contributed by atoms with Gasteiger partial charge in [-0.15, -0.1) is 0 Å². The van der Waals surface area contributed by atoms with E-state index >= 15 is 8.78 Å². The molecule has 184 valence electrons. The third kappa shape index (κ3) is 3.88. The van der Waals surface area contributed by atoms with E-state index in [4.69, 9.17) is 7.16 Å². The van der Waals surface area contributed by atoms with Crippen LogP contribution in [0.15, 0.2) is 83.4 Å². The lowest BCUT2D eigenvalue weighted by atomic mass is 9.96. The van der Waals surface area contributed by atoms with Crippen molar-refractivity contribution in [3.05, 3.63) is 102 Å². The number of rotatable bonds is 4. The van der Waals surface area contributed by atoms with Crippen LogP contribution in [0.3, 0.4) is 0 Å². The molecule has 2 heterocycles. The summed E-state index contributed by atoms with van der Waals surface area (Å²) in [5, 5.41) is 3.66. The highest BCUT2D eigenvalue weighted by Gasteiger charge is 2.25. The molecule has 0 fully saturated rings. The molecule has 2 nitrogen and oxygen atoms in total. The van der Waals surface area contributed by atoms with Crippen LogP contribution in [0.1, 0.15) is 27.7 Å². The molecule has 6 aromatic rings. The molecule has 0 amide bonds. The van der Waals surface area contributed by atoms with Crippen molar-refractivity contribution in [2.24, 2.45) is 13.0 Å². The van der Waals surface area contributed by atoms with Crippen LogP contribution in [-0.4, -0.2) is 0 Å². The number of halogens is 2. The van der Waals surface area contributed by atoms with Crippen LogP contribution in [0.2, 0.25) is 0 Å². The molecule has 4 aromatic carbocycles. The molecule has 2 aromatic heterocycles. The molecule has 0 spiro atoms. The van der Waals surface area contributed by atoms with Crippen LogP contribution in [0, 0.1) is 24.5 Å². The standard InChI is InChI=1S/C33H28F2NO/c1-19(2)15-24-17-29(36(4)18-28(24)35)30-20(3)9-12-25-26-13-14-27(34)31(33(26)37-32(25)30)23-11-10-21-7-5-6-8-22(21)16-23/h5-14,16-19H,15H2,1-4H3/q+1/i15D2. The summed E-state index contributed by atoms with van der Waals surface area (Å²) in [6.07, 6.45) is -0.554. The van der Waals surface area contributed by atoms with E-state index < -0.39 is 18.1 Å². The molecule has 0 saturated heterocycles. The summed E-state index contributed by atoms with van der Waals surface area (Å²) in [4.78, 5) is 0. The second-order valence-corrected chi connectivity index (χ2v) is 9.93. The molecule has 0 aliphatic rings. The smallest absolute Gasteiger partial charge is 0.216 e. The van der Waals surface area contributed by atoms with Crippen LogP contribution < -0.4 is 4.57 Å². The minimum Gasteiger partial charge on any atom is -0.454 e. The second-order valence-electron chi connectivity index (χ2n) is 9.93. The zero-order valence-electron chi connectivity index (χ0n) is 23.2. The van der Waals surface area contributed by atoms with Crippen LogP contribution in [-0.2, 0) is 13.4 Å². The van der Waals surface area contributed by atoms with E-state index in [1.54, 1.807) is 37.6 Å². The minimum absolute atomic E-state index is 0.000936. The Morgan fingerprint density at radius 2 is 1.54 bits per heavy atom. The summed E-state index contributed by atoms with van der Waals surface area (Å²) >= 11 is 0. The Morgan fingerprint density at radius 3 is 2.30 bits per heavy atom. The molecule has 0 unspecified atom stereocenters. The Bertz CT molecular complexity index is 1920. The maximum atomic E-state index is 15.5. The summed E-state index contributed by atoms with van der Waals surface area (Å²) in [6, 6.07) is 22.5. The van der Waals surface area contributed by atoms with Gasteiger partial charge in [0.2, 0.25) is 11.9 Å². The van der Waals surface area contributed by atoms with E-state index in [9.17, 15) is 0 Å². The summed E-state index contributed by atoms with van der Waals surface area (Å²) in [5.41, 5.74) is 4.31. The SMILES string of the molecule is [2H]C([2H])(c1cc(-c2c(C)ccc3c2oc2c(-c4ccc5ccccc5c4)c(F)ccc23)[n+](C)cc1F)C(C)C. The molecule has 0 aliphatic heterocycles. The van der Waals surface area contributed by atoms with Gasteiger partial charge in [0, 0.05) is 25.1 Å². The highest BCUT2D eigenvalue weighted by atomic mass is 19.1.